The van der Waals surface area contributed by atoms with E-state index in [-0.39, 0.29) is 5.82 Å². The summed E-state index contributed by atoms with van der Waals surface area (Å²) < 4.78 is 29.7. The first kappa shape index (κ1) is 15.6. The van der Waals surface area contributed by atoms with Crippen LogP contribution >= 0.6 is 11.3 Å². The predicted octanol–water partition coefficient (Wildman–Crippen LogP) is 2.43. The van der Waals surface area contributed by atoms with E-state index < -0.39 is 10.8 Å². The molecule has 1 aromatic heterocycles. The molecular formula is C15H17FN2O2S2. The number of hydrogen-bond acceptors (Lipinski definition) is 5. The van der Waals surface area contributed by atoms with Crippen molar-refractivity contribution in [1.29, 1.82) is 0 Å². The molecule has 4 nitrogen and oxygen atoms in total. The zero-order valence-corrected chi connectivity index (χ0v) is 13.7. The second-order valence-electron chi connectivity index (χ2n) is 5.10. The van der Waals surface area contributed by atoms with Crippen molar-refractivity contribution in [1.82, 2.24) is 9.88 Å². The van der Waals surface area contributed by atoms with Gasteiger partial charge in [0, 0.05) is 47.3 Å². The van der Waals surface area contributed by atoms with Gasteiger partial charge in [0.1, 0.15) is 23.2 Å². The average molecular weight is 340 g/mol. The summed E-state index contributed by atoms with van der Waals surface area (Å²) in [5.41, 5.74) is 1.02. The van der Waals surface area contributed by atoms with E-state index >= 15 is 0 Å². The number of rotatable bonds is 5. The molecule has 0 unspecified atom stereocenters. The topological polar surface area (TPSA) is 42.4 Å². The summed E-state index contributed by atoms with van der Waals surface area (Å²) in [6.07, 6.45) is 0. The number of ether oxygens (including phenoxy) is 1. The van der Waals surface area contributed by atoms with E-state index in [2.05, 4.69) is 9.88 Å². The van der Waals surface area contributed by atoms with E-state index in [4.69, 9.17) is 4.74 Å². The van der Waals surface area contributed by atoms with Gasteiger partial charge in [0.05, 0.1) is 5.69 Å². The lowest BCUT2D eigenvalue weighted by Gasteiger charge is -2.25. The molecule has 1 aromatic carbocycles. The zero-order valence-electron chi connectivity index (χ0n) is 12.0. The molecule has 2 heterocycles. The fourth-order valence-corrected chi connectivity index (χ4v) is 4.05. The van der Waals surface area contributed by atoms with Gasteiger partial charge >= 0.3 is 0 Å². The molecule has 0 bridgehead atoms. The molecule has 0 radical (unpaired) electrons. The molecule has 1 aliphatic rings. The number of benzene rings is 1. The standard InChI is InChI=1S/C15H17FN2O2S2/c16-12-1-3-14(4-2-12)20-10-15-17-13(11-21-15)9-18-5-7-22(19)8-6-18/h1-4,11H,5-10H2. The Morgan fingerprint density at radius 3 is 2.73 bits per heavy atom. The van der Waals surface area contributed by atoms with Crippen molar-refractivity contribution in [3.63, 3.8) is 0 Å². The van der Waals surface area contributed by atoms with Crippen LogP contribution in [0.2, 0.25) is 0 Å². The fraction of sp³-hybridized carbons (Fsp3) is 0.400. The molecule has 7 heteroatoms. The van der Waals surface area contributed by atoms with Gasteiger partial charge in [-0.15, -0.1) is 11.3 Å². The number of nitrogens with zero attached hydrogens (tertiary/aromatic N) is 2. The lowest BCUT2D eigenvalue weighted by Crippen LogP contribution is -2.37. The van der Waals surface area contributed by atoms with Crippen molar-refractivity contribution < 1.29 is 13.3 Å². The van der Waals surface area contributed by atoms with E-state index in [0.29, 0.717) is 12.4 Å². The monoisotopic (exact) mass is 340 g/mol. The molecule has 2 aromatic rings. The summed E-state index contributed by atoms with van der Waals surface area (Å²) in [5, 5.41) is 2.94. The van der Waals surface area contributed by atoms with E-state index in [1.165, 1.54) is 12.1 Å². The molecule has 0 saturated carbocycles. The maximum atomic E-state index is 12.8. The van der Waals surface area contributed by atoms with Gasteiger partial charge in [-0.05, 0) is 24.3 Å². The molecule has 0 spiro atoms. The van der Waals surface area contributed by atoms with Crippen LogP contribution in [0.15, 0.2) is 29.6 Å². The van der Waals surface area contributed by atoms with Gasteiger partial charge < -0.3 is 4.74 Å². The summed E-state index contributed by atoms with van der Waals surface area (Å²) in [5.74, 6) is 1.87. The molecule has 0 atom stereocenters. The third-order valence-electron chi connectivity index (χ3n) is 3.43. The summed E-state index contributed by atoms with van der Waals surface area (Å²) >= 11 is 1.56. The molecule has 118 valence electrons. The van der Waals surface area contributed by atoms with Crippen molar-refractivity contribution in [2.24, 2.45) is 0 Å². The average Bonchev–Trinajstić information content (AvgIpc) is 2.97. The number of hydrogen-bond donors (Lipinski definition) is 0. The third-order valence-corrected chi connectivity index (χ3v) is 5.58. The highest BCUT2D eigenvalue weighted by Crippen LogP contribution is 2.17. The third kappa shape index (κ3) is 4.34. The van der Waals surface area contributed by atoms with E-state index in [1.54, 1.807) is 23.5 Å². The van der Waals surface area contributed by atoms with Crippen molar-refractivity contribution in [2.75, 3.05) is 24.6 Å². The Bertz CT molecular complexity index is 635. The maximum absolute atomic E-state index is 12.8. The van der Waals surface area contributed by atoms with Crippen molar-refractivity contribution in [3.05, 3.63) is 46.2 Å². The second kappa shape index (κ2) is 7.30. The molecule has 0 aliphatic carbocycles. The Morgan fingerprint density at radius 1 is 1.27 bits per heavy atom. The largest absolute Gasteiger partial charge is 0.486 e. The minimum absolute atomic E-state index is 0.272. The lowest BCUT2D eigenvalue weighted by atomic mass is 10.3. The van der Waals surface area contributed by atoms with Crippen LogP contribution in [-0.2, 0) is 24.0 Å². The van der Waals surface area contributed by atoms with Crippen LogP contribution in [0.1, 0.15) is 10.7 Å². The van der Waals surface area contributed by atoms with Gasteiger partial charge in [0.15, 0.2) is 0 Å². The van der Waals surface area contributed by atoms with Crippen LogP contribution in [0, 0.1) is 5.82 Å². The zero-order chi connectivity index (χ0) is 15.4. The number of halogens is 1. The van der Waals surface area contributed by atoms with Crippen molar-refractivity contribution in [3.8, 4) is 5.75 Å². The quantitative estimate of drug-likeness (QED) is 0.838. The predicted molar refractivity (Wildman–Crippen MR) is 86.0 cm³/mol. The Kier molecular flexibility index (Phi) is 5.17. The first-order chi connectivity index (χ1) is 10.7. The van der Waals surface area contributed by atoms with Gasteiger partial charge in [0.25, 0.3) is 0 Å². The Balaban J connectivity index is 1.50. The fourth-order valence-electron chi connectivity index (χ4n) is 2.23. The lowest BCUT2D eigenvalue weighted by molar-refractivity contribution is 0.285. The van der Waals surface area contributed by atoms with Gasteiger partial charge in [-0.2, -0.15) is 0 Å². The minimum Gasteiger partial charge on any atom is -0.486 e. The van der Waals surface area contributed by atoms with Gasteiger partial charge in [-0.25, -0.2) is 9.37 Å². The molecule has 1 fully saturated rings. The minimum atomic E-state index is -0.646. The molecule has 3 rings (SSSR count). The summed E-state index contributed by atoms with van der Waals surface area (Å²) in [6.45, 7) is 2.92. The number of thiazole rings is 1. The molecule has 1 saturated heterocycles. The van der Waals surface area contributed by atoms with Crippen LogP contribution in [0.4, 0.5) is 4.39 Å². The molecule has 22 heavy (non-hydrogen) atoms. The Hall–Kier alpha value is -1.31. The Morgan fingerprint density at radius 2 is 2.00 bits per heavy atom. The van der Waals surface area contributed by atoms with Gasteiger partial charge in [0.2, 0.25) is 0 Å². The van der Waals surface area contributed by atoms with Crippen molar-refractivity contribution in [2.45, 2.75) is 13.2 Å². The molecule has 0 N–H and O–H groups in total. The highest BCUT2D eigenvalue weighted by molar-refractivity contribution is 7.85. The van der Waals surface area contributed by atoms with Crippen LogP contribution in [-0.4, -0.2) is 38.7 Å². The maximum Gasteiger partial charge on any atom is 0.140 e. The van der Waals surface area contributed by atoms with Crippen LogP contribution in [0.5, 0.6) is 5.75 Å². The summed E-state index contributed by atoms with van der Waals surface area (Å²) in [6, 6.07) is 5.97. The molecule has 1 aliphatic heterocycles. The van der Waals surface area contributed by atoms with Gasteiger partial charge in [-0.1, -0.05) is 0 Å². The van der Waals surface area contributed by atoms with Crippen LogP contribution in [0.25, 0.3) is 0 Å². The first-order valence-electron chi connectivity index (χ1n) is 7.08. The second-order valence-corrected chi connectivity index (χ2v) is 7.74. The smallest absolute Gasteiger partial charge is 0.140 e. The highest BCUT2D eigenvalue weighted by atomic mass is 32.2. The molecular weight excluding hydrogens is 323 g/mol. The van der Waals surface area contributed by atoms with Crippen LogP contribution < -0.4 is 4.74 Å². The highest BCUT2D eigenvalue weighted by Gasteiger charge is 2.16. The summed E-state index contributed by atoms with van der Waals surface area (Å²) in [7, 11) is -0.646. The normalized spacial score (nSPS) is 16.8. The van der Waals surface area contributed by atoms with E-state index in [9.17, 15) is 8.60 Å². The molecule has 0 amide bonds. The van der Waals surface area contributed by atoms with Crippen LogP contribution in [0.3, 0.4) is 0 Å². The summed E-state index contributed by atoms with van der Waals surface area (Å²) in [4.78, 5) is 6.84. The van der Waals surface area contributed by atoms with Crippen molar-refractivity contribution >= 4 is 22.1 Å². The van der Waals surface area contributed by atoms with Gasteiger partial charge in [-0.3, -0.25) is 9.11 Å². The Labute approximate surface area is 135 Å². The number of aromatic nitrogens is 1. The first-order valence-corrected chi connectivity index (χ1v) is 9.45. The SMILES string of the molecule is O=S1CCN(Cc2csc(COc3ccc(F)cc3)n2)CC1. The van der Waals surface area contributed by atoms with E-state index in [0.717, 1.165) is 41.8 Å². The van der Waals surface area contributed by atoms with E-state index in [1.807, 2.05) is 5.38 Å².